The van der Waals surface area contributed by atoms with Crippen molar-refractivity contribution in [2.24, 2.45) is 0 Å². The summed E-state index contributed by atoms with van der Waals surface area (Å²) in [5.74, 6) is 0. The van der Waals surface area contributed by atoms with Crippen LogP contribution < -0.4 is 15.8 Å². The Labute approximate surface area is 125 Å². The molecule has 3 atom stereocenters. The highest BCUT2D eigenvalue weighted by molar-refractivity contribution is 7.89. The van der Waals surface area contributed by atoms with Crippen LogP contribution in [0.25, 0.3) is 0 Å². The molecule has 2 fully saturated rings. The van der Waals surface area contributed by atoms with E-state index in [9.17, 15) is 8.42 Å². The number of hydrogen-bond donors (Lipinski definition) is 3. The highest BCUT2D eigenvalue weighted by Crippen LogP contribution is 2.37. The lowest BCUT2D eigenvalue weighted by Gasteiger charge is -2.22. The first kappa shape index (κ1) is 14.6. The van der Waals surface area contributed by atoms with Gasteiger partial charge in [0.25, 0.3) is 0 Å². The molecule has 2 heterocycles. The van der Waals surface area contributed by atoms with Gasteiger partial charge in [0.2, 0.25) is 10.0 Å². The van der Waals surface area contributed by atoms with Gasteiger partial charge in [0.05, 0.1) is 34.5 Å². The molecule has 21 heavy (non-hydrogen) atoms. The minimum absolute atomic E-state index is 0.211. The smallest absolute Gasteiger partial charge is 0.240 e. The second-order valence-electron chi connectivity index (χ2n) is 5.61. The molecule has 0 saturated carbocycles. The number of benzene rings is 1. The highest BCUT2D eigenvalue weighted by atomic mass is 32.2. The first-order valence-corrected chi connectivity index (χ1v) is 8.79. The molecule has 2 aliphatic heterocycles. The fourth-order valence-corrected chi connectivity index (χ4v) is 4.16. The average molecular weight is 311 g/mol. The van der Waals surface area contributed by atoms with Crippen molar-refractivity contribution in [3.05, 3.63) is 18.2 Å². The van der Waals surface area contributed by atoms with Gasteiger partial charge in [-0.25, -0.2) is 13.1 Å². The van der Waals surface area contributed by atoms with Crippen LogP contribution in [0.15, 0.2) is 23.1 Å². The third-order valence-electron chi connectivity index (χ3n) is 4.12. The SMILES string of the molecule is CCNS(=O)(=O)c1ccc(N)c(NC2CC3CCC2O3)c1. The van der Waals surface area contributed by atoms with E-state index in [0.29, 0.717) is 24.0 Å². The molecule has 116 valence electrons. The van der Waals surface area contributed by atoms with E-state index >= 15 is 0 Å². The largest absolute Gasteiger partial charge is 0.397 e. The summed E-state index contributed by atoms with van der Waals surface area (Å²) >= 11 is 0. The summed E-state index contributed by atoms with van der Waals surface area (Å²) in [4.78, 5) is 0.227. The molecule has 0 radical (unpaired) electrons. The van der Waals surface area contributed by atoms with E-state index in [1.807, 2.05) is 0 Å². The van der Waals surface area contributed by atoms with Crippen molar-refractivity contribution in [3.63, 3.8) is 0 Å². The van der Waals surface area contributed by atoms with Gasteiger partial charge in [0, 0.05) is 6.54 Å². The van der Waals surface area contributed by atoms with Gasteiger partial charge in [-0.1, -0.05) is 6.92 Å². The summed E-state index contributed by atoms with van der Waals surface area (Å²) in [7, 11) is -3.47. The van der Waals surface area contributed by atoms with Crippen molar-refractivity contribution in [2.75, 3.05) is 17.6 Å². The maximum absolute atomic E-state index is 12.1. The lowest BCUT2D eigenvalue weighted by Crippen LogP contribution is -2.31. The molecule has 2 saturated heterocycles. The van der Waals surface area contributed by atoms with Crippen LogP contribution in [0.4, 0.5) is 11.4 Å². The maximum Gasteiger partial charge on any atom is 0.240 e. The number of rotatable bonds is 5. The molecule has 7 heteroatoms. The number of anilines is 2. The van der Waals surface area contributed by atoms with Crippen molar-refractivity contribution < 1.29 is 13.2 Å². The molecule has 0 aromatic heterocycles. The molecule has 0 amide bonds. The number of nitrogens with one attached hydrogen (secondary N) is 2. The lowest BCUT2D eigenvalue weighted by molar-refractivity contribution is 0.102. The standard InChI is InChI=1S/C14H21N3O3S/c1-2-16-21(18,19)10-4-5-11(15)12(8-10)17-13-7-9-3-6-14(13)20-9/h4-5,8-9,13-14,16-17H,2-3,6-7,15H2,1H3. The van der Waals surface area contributed by atoms with Crippen LogP contribution in [0.1, 0.15) is 26.2 Å². The van der Waals surface area contributed by atoms with E-state index in [1.165, 1.54) is 6.07 Å². The van der Waals surface area contributed by atoms with Gasteiger partial charge in [-0.3, -0.25) is 0 Å². The number of sulfonamides is 1. The quantitative estimate of drug-likeness (QED) is 0.713. The van der Waals surface area contributed by atoms with Gasteiger partial charge in [0.15, 0.2) is 0 Å². The zero-order valence-electron chi connectivity index (χ0n) is 12.0. The number of hydrogen-bond acceptors (Lipinski definition) is 5. The van der Waals surface area contributed by atoms with Crippen molar-refractivity contribution >= 4 is 21.4 Å². The van der Waals surface area contributed by atoms with Crippen molar-refractivity contribution in [2.45, 2.75) is 49.3 Å². The van der Waals surface area contributed by atoms with Crippen molar-refractivity contribution in [1.82, 2.24) is 4.72 Å². The van der Waals surface area contributed by atoms with Crippen LogP contribution in [0.5, 0.6) is 0 Å². The Morgan fingerprint density at radius 2 is 2.19 bits per heavy atom. The van der Waals surface area contributed by atoms with E-state index in [0.717, 1.165) is 19.3 Å². The summed E-state index contributed by atoms with van der Waals surface area (Å²) < 4.78 is 32.4. The monoisotopic (exact) mass is 311 g/mol. The molecule has 1 aromatic rings. The Hall–Kier alpha value is -1.31. The molecule has 2 bridgehead atoms. The summed E-state index contributed by atoms with van der Waals surface area (Å²) in [6.45, 7) is 2.11. The Balaban J connectivity index is 1.82. The zero-order chi connectivity index (χ0) is 15.0. The Bertz CT molecular complexity index is 632. The number of ether oxygens (including phenoxy) is 1. The fourth-order valence-electron chi connectivity index (χ4n) is 3.09. The minimum atomic E-state index is -3.47. The summed E-state index contributed by atoms with van der Waals surface area (Å²) in [6, 6.07) is 4.96. The molecular formula is C14H21N3O3S. The molecule has 2 aliphatic rings. The Morgan fingerprint density at radius 3 is 2.81 bits per heavy atom. The molecule has 3 unspecified atom stereocenters. The van der Waals surface area contributed by atoms with Gasteiger partial charge in [-0.15, -0.1) is 0 Å². The molecule has 0 spiro atoms. The molecule has 4 N–H and O–H groups in total. The maximum atomic E-state index is 12.1. The Morgan fingerprint density at radius 1 is 1.38 bits per heavy atom. The fraction of sp³-hybridized carbons (Fsp3) is 0.571. The van der Waals surface area contributed by atoms with E-state index in [2.05, 4.69) is 10.0 Å². The van der Waals surface area contributed by atoms with Gasteiger partial charge in [-0.2, -0.15) is 0 Å². The van der Waals surface area contributed by atoms with E-state index in [1.54, 1.807) is 19.1 Å². The van der Waals surface area contributed by atoms with Crippen LogP contribution in [0.2, 0.25) is 0 Å². The first-order valence-electron chi connectivity index (χ1n) is 7.31. The van der Waals surface area contributed by atoms with Crippen LogP contribution in [-0.4, -0.2) is 33.2 Å². The molecule has 1 aromatic carbocycles. The predicted molar refractivity (Wildman–Crippen MR) is 81.6 cm³/mol. The Kier molecular flexibility index (Phi) is 3.81. The summed E-state index contributed by atoms with van der Waals surface area (Å²) in [5, 5.41) is 3.35. The minimum Gasteiger partial charge on any atom is -0.397 e. The molecule has 0 aliphatic carbocycles. The lowest BCUT2D eigenvalue weighted by atomic mass is 9.95. The second kappa shape index (κ2) is 5.47. The summed E-state index contributed by atoms with van der Waals surface area (Å²) in [5.41, 5.74) is 7.18. The third-order valence-corrected chi connectivity index (χ3v) is 5.66. The average Bonchev–Trinajstić information content (AvgIpc) is 3.03. The summed E-state index contributed by atoms with van der Waals surface area (Å²) in [6.07, 6.45) is 3.67. The number of nitrogens with two attached hydrogens (primary N) is 1. The van der Waals surface area contributed by atoms with Crippen LogP contribution >= 0.6 is 0 Å². The number of nitrogen functional groups attached to an aromatic ring is 1. The first-order chi connectivity index (χ1) is 9.99. The van der Waals surface area contributed by atoms with Gasteiger partial charge < -0.3 is 15.8 Å². The van der Waals surface area contributed by atoms with Gasteiger partial charge in [0.1, 0.15) is 0 Å². The molecule has 6 nitrogen and oxygen atoms in total. The topological polar surface area (TPSA) is 93.5 Å². The molecular weight excluding hydrogens is 290 g/mol. The highest BCUT2D eigenvalue weighted by Gasteiger charge is 2.40. The van der Waals surface area contributed by atoms with Crippen LogP contribution in [0.3, 0.4) is 0 Å². The number of fused-ring (bicyclic) bond motifs is 2. The van der Waals surface area contributed by atoms with Crippen LogP contribution in [-0.2, 0) is 14.8 Å². The van der Waals surface area contributed by atoms with E-state index < -0.39 is 10.0 Å². The van der Waals surface area contributed by atoms with Crippen molar-refractivity contribution in [1.29, 1.82) is 0 Å². The zero-order valence-corrected chi connectivity index (χ0v) is 12.8. The van der Waals surface area contributed by atoms with Gasteiger partial charge in [-0.05, 0) is 37.5 Å². The molecule has 3 rings (SSSR count). The third kappa shape index (κ3) is 2.86. The van der Waals surface area contributed by atoms with Crippen molar-refractivity contribution in [3.8, 4) is 0 Å². The second-order valence-corrected chi connectivity index (χ2v) is 7.38. The van der Waals surface area contributed by atoms with E-state index in [-0.39, 0.29) is 17.0 Å². The van der Waals surface area contributed by atoms with Crippen LogP contribution in [0, 0.1) is 0 Å². The predicted octanol–water partition coefficient (Wildman–Crippen LogP) is 1.30. The van der Waals surface area contributed by atoms with Gasteiger partial charge >= 0.3 is 0 Å². The normalized spacial score (nSPS) is 28.0. The van der Waals surface area contributed by atoms with E-state index in [4.69, 9.17) is 10.5 Å².